The van der Waals surface area contributed by atoms with Crippen molar-refractivity contribution >= 4 is 21.5 Å². The molecule has 0 fully saturated rings. The fraction of sp³-hybridized carbons (Fsp3) is 0. The molecule has 0 aliphatic carbocycles. The molecule has 2 aromatic heterocycles. The predicted molar refractivity (Wildman–Crippen MR) is 154 cm³/mol. The average Bonchev–Trinajstić information content (AvgIpc) is 3.01. The summed E-state index contributed by atoms with van der Waals surface area (Å²) in [6.07, 6.45) is 3.65. The zero-order valence-electron chi connectivity index (χ0n) is 20.5. The molecule has 0 spiro atoms. The zero-order chi connectivity index (χ0) is 25.3. The van der Waals surface area contributed by atoms with Gasteiger partial charge in [0.05, 0.1) is 0 Å². The maximum Gasteiger partial charge on any atom is 0.164 e. The molecule has 38 heavy (non-hydrogen) atoms. The lowest BCUT2D eigenvalue weighted by atomic mass is 10.0. The van der Waals surface area contributed by atoms with Gasteiger partial charge in [-0.05, 0) is 38.7 Å². The minimum Gasteiger partial charge on any atom is -0.264 e. The lowest BCUT2D eigenvalue weighted by Gasteiger charge is -2.12. The SMILES string of the molecule is c1cncc(-c2ccc(-c3nc(-c4cccc5ccccc45)nc(-c4cccc5ccccc45)n3)cc2)c1. The molecule has 2 heterocycles. The molecule has 0 bridgehead atoms. The number of rotatable bonds is 4. The minimum atomic E-state index is 0.642. The monoisotopic (exact) mass is 486 g/mol. The second-order valence-corrected chi connectivity index (χ2v) is 9.18. The van der Waals surface area contributed by atoms with Crippen LogP contribution in [0.1, 0.15) is 0 Å². The van der Waals surface area contributed by atoms with E-state index in [2.05, 4.69) is 120 Å². The summed E-state index contributed by atoms with van der Waals surface area (Å²) >= 11 is 0. The van der Waals surface area contributed by atoms with E-state index >= 15 is 0 Å². The number of fused-ring (bicyclic) bond motifs is 2. The van der Waals surface area contributed by atoms with Gasteiger partial charge in [0.15, 0.2) is 17.5 Å². The summed E-state index contributed by atoms with van der Waals surface area (Å²) in [6, 6.07) is 41.5. The molecular weight excluding hydrogens is 464 g/mol. The van der Waals surface area contributed by atoms with Gasteiger partial charge in [0.2, 0.25) is 0 Å². The number of pyridine rings is 1. The van der Waals surface area contributed by atoms with Crippen LogP contribution in [0.3, 0.4) is 0 Å². The summed E-state index contributed by atoms with van der Waals surface area (Å²) in [6.45, 7) is 0. The Kier molecular flexibility index (Phi) is 5.41. The second-order valence-electron chi connectivity index (χ2n) is 9.18. The summed E-state index contributed by atoms with van der Waals surface area (Å²) < 4.78 is 0. The molecule has 4 nitrogen and oxygen atoms in total. The first-order chi connectivity index (χ1) is 18.8. The van der Waals surface area contributed by atoms with Crippen LogP contribution in [0.15, 0.2) is 134 Å². The molecule has 0 aliphatic rings. The van der Waals surface area contributed by atoms with E-state index in [1.165, 1.54) is 0 Å². The third-order valence-electron chi connectivity index (χ3n) is 6.83. The van der Waals surface area contributed by atoms with E-state index in [0.717, 1.165) is 49.4 Å². The van der Waals surface area contributed by atoms with E-state index in [9.17, 15) is 0 Å². The van der Waals surface area contributed by atoms with Gasteiger partial charge >= 0.3 is 0 Å². The van der Waals surface area contributed by atoms with Crippen molar-refractivity contribution in [3.63, 3.8) is 0 Å². The van der Waals surface area contributed by atoms with Crippen molar-refractivity contribution in [1.82, 2.24) is 19.9 Å². The van der Waals surface area contributed by atoms with E-state index in [1.807, 2.05) is 12.3 Å². The smallest absolute Gasteiger partial charge is 0.164 e. The standard InChI is InChI=1S/C34H22N4/c1-3-13-28-24(8-1)10-5-15-30(28)33-36-32(26-19-17-23(18-20-26)27-12-7-21-35-22-27)37-34(38-33)31-16-6-11-25-9-2-4-14-29(25)31/h1-22H. The van der Waals surface area contributed by atoms with Gasteiger partial charge < -0.3 is 0 Å². The van der Waals surface area contributed by atoms with Crippen LogP contribution in [0.4, 0.5) is 0 Å². The number of aromatic nitrogens is 4. The van der Waals surface area contributed by atoms with Crippen molar-refractivity contribution in [1.29, 1.82) is 0 Å². The largest absolute Gasteiger partial charge is 0.264 e. The van der Waals surface area contributed by atoms with Crippen LogP contribution in [0.2, 0.25) is 0 Å². The fourth-order valence-corrected chi connectivity index (χ4v) is 4.93. The number of hydrogen-bond donors (Lipinski definition) is 0. The molecule has 4 heteroatoms. The average molecular weight is 487 g/mol. The molecule has 0 saturated carbocycles. The van der Waals surface area contributed by atoms with Gasteiger partial charge in [-0.3, -0.25) is 4.98 Å². The molecule has 7 aromatic rings. The summed E-state index contributed by atoms with van der Waals surface area (Å²) in [5.41, 5.74) is 5.07. The van der Waals surface area contributed by atoms with Gasteiger partial charge in [0, 0.05) is 29.1 Å². The lowest BCUT2D eigenvalue weighted by Crippen LogP contribution is -2.01. The van der Waals surface area contributed by atoms with Gasteiger partial charge in [0.1, 0.15) is 0 Å². The minimum absolute atomic E-state index is 0.642. The Morgan fingerprint density at radius 2 is 0.895 bits per heavy atom. The zero-order valence-corrected chi connectivity index (χ0v) is 20.5. The summed E-state index contributed by atoms with van der Waals surface area (Å²) in [5.74, 6) is 1.96. The Balaban J connectivity index is 1.44. The summed E-state index contributed by atoms with van der Waals surface area (Å²) in [4.78, 5) is 19.3. The van der Waals surface area contributed by atoms with Crippen LogP contribution in [-0.4, -0.2) is 19.9 Å². The maximum atomic E-state index is 5.03. The fourth-order valence-electron chi connectivity index (χ4n) is 4.93. The number of benzene rings is 5. The normalized spacial score (nSPS) is 11.2. The van der Waals surface area contributed by atoms with Crippen molar-refractivity contribution < 1.29 is 0 Å². The van der Waals surface area contributed by atoms with Gasteiger partial charge in [0.25, 0.3) is 0 Å². The van der Waals surface area contributed by atoms with Crippen molar-refractivity contribution in [2.24, 2.45) is 0 Å². The Hall–Kier alpha value is -5.22. The van der Waals surface area contributed by atoms with Crippen molar-refractivity contribution in [2.45, 2.75) is 0 Å². The Morgan fingerprint density at radius 3 is 1.47 bits per heavy atom. The van der Waals surface area contributed by atoms with Crippen molar-refractivity contribution in [2.75, 3.05) is 0 Å². The van der Waals surface area contributed by atoms with Crippen LogP contribution < -0.4 is 0 Å². The first-order valence-corrected chi connectivity index (χ1v) is 12.6. The quantitative estimate of drug-likeness (QED) is 0.251. The molecule has 5 aromatic carbocycles. The van der Waals surface area contributed by atoms with Crippen LogP contribution in [0.25, 0.3) is 66.8 Å². The van der Waals surface area contributed by atoms with E-state index in [4.69, 9.17) is 15.0 Å². The predicted octanol–water partition coefficient (Wildman–Crippen LogP) is 8.24. The number of nitrogens with zero attached hydrogens (tertiary/aromatic N) is 4. The van der Waals surface area contributed by atoms with Crippen LogP contribution in [-0.2, 0) is 0 Å². The van der Waals surface area contributed by atoms with Crippen LogP contribution in [0, 0.1) is 0 Å². The second kappa shape index (κ2) is 9.34. The third kappa shape index (κ3) is 3.98. The molecule has 0 atom stereocenters. The Bertz CT molecular complexity index is 1800. The van der Waals surface area contributed by atoms with Crippen LogP contribution in [0.5, 0.6) is 0 Å². The molecule has 0 saturated heterocycles. The molecular formula is C34H22N4. The summed E-state index contributed by atoms with van der Waals surface area (Å²) in [7, 11) is 0. The molecule has 0 N–H and O–H groups in total. The lowest BCUT2D eigenvalue weighted by molar-refractivity contribution is 1.08. The summed E-state index contributed by atoms with van der Waals surface area (Å²) in [5, 5.41) is 4.53. The number of hydrogen-bond acceptors (Lipinski definition) is 4. The molecule has 0 radical (unpaired) electrons. The Morgan fingerprint density at radius 1 is 0.368 bits per heavy atom. The molecule has 7 rings (SSSR count). The Labute approximate surface area is 220 Å². The molecule has 0 aliphatic heterocycles. The van der Waals surface area contributed by atoms with E-state index in [0.29, 0.717) is 17.5 Å². The van der Waals surface area contributed by atoms with Gasteiger partial charge in [-0.1, -0.05) is 115 Å². The third-order valence-corrected chi connectivity index (χ3v) is 6.83. The van der Waals surface area contributed by atoms with E-state index in [-0.39, 0.29) is 0 Å². The van der Waals surface area contributed by atoms with Gasteiger partial charge in [-0.15, -0.1) is 0 Å². The highest BCUT2D eigenvalue weighted by Gasteiger charge is 2.15. The first-order valence-electron chi connectivity index (χ1n) is 12.6. The van der Waals surface area contributed by atoms with E-state index < -0.39 is 0 Å². The molecule has 0 amide bonds. The molecule has 178 valence electrons. The van der Waals surface area contributed by atoms with Crippen molar-refractivity contribution in [3.05, 3.63) is 134 Å². The van der Waals surface area contributed by atoms with Crippen LogP contribution >= 0.6 is 0 Å². The topological polar surface area (TPSA) is 51.6 Å². The van der Waals surface area contributed by atoms with E-state index in [1.54, 1.807) is 6.20 Å². The van der Waals surface area contributed by atoms with Gasteiger partial charge in [-0.2, -0.15) is 0 Å². The highest BCUT2D eigenvalue weighted by molar-refractivity contribution is 5.97. The van der Waals surface area contributed by atoms with Crippen molar-refractivity contribution in [3.8, 4) is 45.3 Å². The maximum absolute atomic E-state index is 5.03. The highest BCUT2D eigenvalue weighted by atomic mass is 15.0. The molecule has 0 unspecified atom stereocenters. The van der Waals surface area contributed by atoms with Gasteiger partial charge in [-0.25, -0.2) is 15.0 Å². The highest BCUT2D eigenvalue weighted by Crippen LogP contribution is 2.32. The first kappa shape index (κ1) is 22.0.